The molecule has 0 bridgehead atoms. The summed E-state index contributed by atoms with van der Waals surface area (Å²) in [5.74, 6) is 2.74. The fourth-order valence-corrected chi connectivity index (χ4v) is 10.2. The quantitative estimate of drug-likeness (QED) is 0.168. The molecule has 0 saturated carbocycles. The molecule has 2 unspecified atom stereocenters. The van der Waals surface area contributed by atoms with Crippen molar-refractivity contribution >= 4 is 53.9 Å². The van der Waals surface area contributed by atoms with E-state index in [0.29, 0.717) is 29.3 Å². The van der Waals surface area contributed by atoms with Crippen molar-refractivity contribution in [1.82, 2.24) is 15.0 Å². The molecular weight excluding hydrogens is 715 g/mol. The molecule has 0 spiro atoms. The van der Waals surface area contributed by atoms with Gasteiger partial charge in [-0.25, -0.2) is 15.0 Å². The Morgan fingerprint density at radius 2 is 0.898 bits per heavy atom. The Kier molecular flexibility index (Phi) is 7.40. The van der Waals surface area contributed by atoms with Crippen LogP contribution in [-0.4, -0.2) is 15.0 Å². The number of hydrogen-bond donors (Lipinski definition) is 0. The number of aromatic nitrogens is 3. The van der Waals surface area contributed by atoms with Crippen LogP contribution in [0.15, 0.2) is 188 Å². The molecule has 1 aromatic heterocycles. The molecule has 0 fully saturated rings. The molecule has 2 atom stereocenters. The minimum atomic E-state index is 0.0440. The van der Waals surface area contributed by atoms with E-state index in [1.54, 1.807) is 0 Å². The van der Waals surface area contributed by atoms with Gasteiger partial charge in [-0.3, -0.25) is 0 Å². The summed E-state index contributed by atoms with van der Waals surface area (Å²) in [6, 6.07) is 59.4. The van der Waals surface area contributed by atoms with Crippen LogP contribution >= 0.6 is 0 Å². The number of benzene rings is 9. The predicted octanol–water partition coefficient (Wildman–Crippen LogP) is 14.4. The van der Waals surface area contributed by atoms with E-state index in [9.17, 15) is 0 Å². The monoisotopic (exact) mass is 753 g/mol. The molecule has 278 valence electrons. The van der Waals surface area contributed by atoms with Gasteiger partial charge in [-0.15, -0.1) is 0 Å². The summed E-state index contributed by atoms with van der Waals surface area (Å²) < 4.78 is 0. The van der Waals surface area contributed by atoms with Crippen molar-refractivity contribution in [1.29, 1.82) is 0 Å². The standard InChI is InChI=1S/C56H39N3/c1-56(2)50-18-10-9-17-48(50)49-33-39(26-30-51(49)56)47-29-23-36-13-5-8-16-46(36)52(47)55-58-53(40-24-27-44-37(31-40)21-19-34-11-3-6-14-42(34)44)57-54(59-55)41-25-28-45-38(32-41)22-20-35-12-4-7-15-43(35)45/h3-33,48,50H,1-2H3. The van der Waals surface area contributed by atoms with Crippen LogP contribution in [0.1, 0.15) is 30.9 Å². The average Bonchev–Trinajstić information content (AvgIpc) is 3.53. The van der Waals surface area contributed by atoms with Crippen LogP contribution in [0.25, 0.3) is 99.2 Å². The van der Waals surface area contributed by atoms with Crippen LogP contribution in [-0.2, 0) is 5.41 Å². The first-order valence-electron chi connectivity index (χ1n) is 20.6. The van der Waals surface area contributed by atoms with Gasteiger partial charge in [-0.2, -0.15) is 0 Å². The van der Waals surface area contributed by atoms with E-state index in [2.05, 4.69) is 202 Å². The van der Waals surface area contributed by atoms with E-state index in [-0.39, 0.29) is 5.41 Å². The largest absolute Gasteiger partial charge is 0.208 e. The summed E-state index contributed by atoms with van der Waals surface area (Å²) >= 11 is 0. The summed E-state index contributed by atoms with van der Waals surface area (Å²) in [6.07, 6.45) is 9.19. The van der Waals surface area contributed by atoms with Crippen LogP contribution in [0.2, 0.25) is 0 Å². The van der Waals surface area contributed by atoms with E-state index in [1.165, 1.54) is 49.0 Å². The summed E-state index contributed by atoms with van der Waals surface area (Å²) in [7, 11) is 0. The first-order valence-corrected chi connectivity index (χ1v) is 20.6. The molecule has 3 nitrogen and oxygen atoms in total. The molecule has 1 heterocycles. The number of nitrogens with zero attached hydrogens (tertiary/aromatic N) is 3. The van der Waals surface area contributed by atoms with Crippen LogP contribution in [0.5, 0.6) is 0 Å². The maximum atomic E-state index is 5.43. The van der Waals surface area contributed by atoms with Gasteiger partial charge in [0.1, 0.15) is 0 Å². The Hall–Kier alpha value is -7.23. The highest BCUT2D eigenvalue weighted by molar-refractivity contribution is 6.10. The molecular formula is C56H39N3. The lowest BCUT2D eigenvalue weighted by molar-refractivity contribution is 0.394. The molecule has 0 amide bonds. The number of fused-ring (bicyclic) bond motifs is 10. The molecule has 9 aromatic carbocycles. The highest BCUT2D eigenvalue weighted by atomic mass is 15.0. The smallest absolute Gasteiger partial charge is 0.165 e. The lowest BCUT2D eigenvalue weighted by atomic mass is 9.74. The SMILES string of the molecule is CC1(C)c2ccc(-c3ccc4ccccc4c3-c3nc(-c4ccc5c(ccc6ccccc65)c4)nc(-c4ccc5c(ccc6ccccc65)c4)n3)cc2C2C=CC=CC21. The molecule has 0 radical (unpaired) electrons. The highest BCUT2D eigenvalue weighted by Crippen LogP contribution is 2.54. The third-order valence-electron chi connectivity index (χ3n) is 13.2. The lowest BCUT2D eigenvalue weighted by Gasteiger charge is -2.29. The van der Waals surface area contributed by atoms with Gasteiger partial charge in [0.25, 0.3) is 0 Å². The zero-order valence-electron chi connectivity index (χ0n) is 32.9. The average molecular weight is 754 g/mol. The number of hydrogen-bond acceptors (Lipinski definition) is 3. The number of allylic oxidation sites excluding steroid dienone is 4. The van der Waals surface area contributed by atoms with Gasteiger partial charge in [0.15, 0.2) is 17.5 Å². The fraction of sp³-hybridized carbons (Fsp3) is 0.0893. The van der Waals surface area contributed by atoms with Gasteiger partial charge in [0, 0.05) is 22.6 Å². The summed E-state index contributed by atoms with van der Waals surface area (Å²) in [6.45, 7) is 4.78. The topological polar surface area (TPSA) is 38.7 Å². The Morgan fingerprint density at radius 3 is 1.54 bits per heavy atom. The first-order chi connectivity index (χ1) is 29.0. The third-order valence-corrected chi connectivity index (χ3v) is 13.2. The predicted molar refractivity (Wildman–Crippen MR) is 247 cm³/mol. The zero-order valence-corrected chi connectivity index (χ0v) is 32.9. The highest BCUT2D eigenvalue weighted by Gasteiger charge is 2.44. The lowest BCUT2D eigenvalue weighted by Crippen LogP contribution is -2.24. The second kappa shape index (κ2) is 12.9. The van der Waals surface area contributed by atoms with Crippen molar-refractivity contribution in [2.45, 2.75) is 25.2 Å². The van der Waals surface area contributed by atoms with Crippen molar-refractivity contribution < 1.29 is 0 Å². The second-order valence-electron chi connectivity index (χ2n) is 16.8. The first kappa shape index (κ1) is 33.9. The summed E-state index contributed by atoms with van der Waals surface area (Å²) in [5, 5.41) is 11.9. The van der Waals surface area contributed by atoms with E-state index < -0.39 is 0 Å². The molecule has 59 heavy (non-hydrogen) atoms. The molecule has 12 rings (SSSR count). The minimum Gasteiger partial charge on any atom is -0.208 e. The minimum absolute atomic E-state index is 0.0440. The molecule has 0 N–H and O–H groups in total. The van der Waals surface area contributed by atoms with Gasteiger partial charge < -0.3 is 0 Å². The van der Waals surface area contributed by atoms with E-state index in [0.717, 1.165) is 43.8 Å². The molecule has 10 aromatic rings. The van der Waals surface area contributed by atoms with Gasteiger partial charge in [0.05, 0.1) is 0 Å². The van der Waals surface area contributed by atoms with Crippen molar-refractivity contribution in [2.24, 2.45) is 5.92 Å². The van der Waals surface area contributed by atoms with Crippen LogP contribution in [0.3, 0.4) is 0 Å². The summed E-state index contributed by atoms with van der Waals surface area (Å²) in [5.41, 5.74) is 8.07. The van der Waals surface area contributed by atoms with Crippen LogP contribution in [0.4, 0.5) is 0 Å². The molecule has 2 aliphatic carbocycles. The Labute approximate surface area is 343 Å². The van der Waals surface area contributed by atoms with Crippen molar-refractivity contribution in [3.05, 3.63) is 199 Å². The Bertz CT molecular complexity index is 3310. The van der Waals surface area contributed by atoms with E-state index >= 15 is 0 Å². The molecule has 0 aliphatic heterocycles. The fourth-order valence-electron chi connectivity index (χ4n) is 10.2. The van der Waals surface area contributed by atoms with Crippen LogP contribution in [0, 0.1) is 5.92 Å². The summed E-state index contributed by atoms with van der Waals surface area (Å²) in [4.78, 5) is 16.1. The second-order valence-corrected chi connectivity index (χ2v) is 16.8. The Morgan fingerprint density at radius 1 is 0.407 bits per heavy atom. The van der Waals surface area contributed by atoms with Crippen molar-refractivity contribution in [3.8, 4) is 45.3 Å². The van der Waals surface area contributed by atoms with Gasteiger partial charge in [-0.1, -0.05) is 190 Å². The van der Waals surface area contributed by atoms with Gasteiger partial charge in [-0.05, 0) is 99.6 Å². The Balaban J connectivity index is 1.10. The zero-order chi connectivity index (χ0) is 39.2. The van der Waals surface area contributed by atoms with Crippen LogP contribution < -0.4 is 0 Å². The molecule has 3 heteroatoms. The molecule has 2 aliphatic rings. The van der Waals surface area contributed by atoms with E-state index in [1.807, 2.05) is 0 Å². The van der Waals surface area contributed by atoms with Crippen molar-refractivity contribution in [2.75, 3.05) is 0 Å². The maximum Gasteiger partial charge on any atom is 0.165 e. The van der Waals surface area contributed by atoms with Gasteiger partial charge in [0.2, 0.25) is 0 Å². The maximum absolute atomic E-state index is 5.43. The normalized spacial score (nSPS) is 16.6. The third kappa shape index (κ3) is 5.31. The molecule has 0 saturated heterocycles. The van der Waals surface area contributed by atoms with Crippen molar-refractivity contribution in [3.63, 3.8) is 0 Å². The van der Waals surface area contributed by atoms with Gasteiger partial charge >= 0.3 is 0 Å². The van der Waals surface area contributed by atoms with E-state index in [4.69, 9.17) is 15.0 Å². The number of rotatable bonds is 4.